The SMILES string of the molecule is N#CC(NCc1ccc(Cl)cc1)c1ccc(O)cc1. The summed E-state index contributed by atoms with van der Waals surface area (Å²) in [6, 6.07) is 15.9. The van der Waals surface area contributed by atoms with Gasteiger partial charge in [-0.25, -0.2) is 0 Å². The van der Waals surface area contributed by atoms with Gasteiger partial charge in [0, 0.05) is 11.6 Å². The van der Waals surface area contributed by atoms with Gasteiger partial charge in [0.25, 0.3) is 0 Å². The first kappa shape index (κ1) is 13.4. The van der Waals surface area contributed by atoms with Gasteiger partial charge in [0.05, 0.1) is 6.07 Å². The highest BCUT2D eigenvalue weighted by atomic mass is 35.5. The minimum Gasteiger partial charge on any atom is -0.508 e. The van der Waals surface area contributed by atoms with Gasteiger partial charge in [-0.15, -0.1) is 0 Å². The van der Waals surface area contributed by atoms with Crippen molar-refractivity contribution in [2.24, 2.45) is 0 Å². The molecule has 0 fully saturated rings. The van der Waals surface area contributed by atoms with Crippen molar-refractivity contribution in [2.75, 3.05) is 0 Å². The maximum Gasteiger partial charge on any atom is 0.121 e. The summed E-state index contributed by atoms with van der Waals surface area (Å²) in [4.78, 5) is 0. The normalized spacial score (nSPS) is 11.8. The van der Waals surface area contributed by atoms with Crippen LogP contribution in [-0.4, -0.2) is 5.11 Å². The van der Waals surface area contributed by atoms with Gasteiger partial charge in [0.15, 0.2) is 0 Å². The fourth-order valence-corrected chi connectivity index (χ4v) is 1.85. The molecule has 3 nitrogen and oxygen atoms in total. The van der Waals surface area contributed by atoms with Crippen LogP contribution >= 0.6 is 11.6 Å². The molecule has 0 aliphatic carbocycles. The molecule has 0 aromatic heterocycles. The van der Waals surface area contributed by atoms with E-state index in [1.807, 2.05) is 24.3 Å². The Labute approximate surface area is 117 Å². The number of rotatable bonds is 4. The standard InChI is InChI=1S/C15H13ClN2O/c16-13-5-1-11(2-6-13)10-18-15(9-17)12-3-7-14(19)8-4-12/h1-8,15,18-19H,10H2. The topological polar surface area (TPSA) is 56.0 Å². The van der Waals surface area contributed by atoms with Crippen molar-refractivity contribution in [3.05, 3.63) is 64.7 Å². The number of nitrogens with one attached hydrogen (secondary N) is 1. The van der Waals surface area contributed by atoms with Gasteiger partial charge in [-0.1, -0.05) is 35.9 Å². The summed E-state index contributed by atoms with van der Waals surface area (Å²) in [5, 5.41) is 22.3. The van der Waals surface area contributed by atoms with E-state index in [0.717, 1.165) is 11.1 Å². The lowest BCUT2D eigenvalue weighted by atomic mass is 10.1. The van der Waals surface area contributed by atoms with Gasteiger partial charge in [-0.05, 0) is 35.4 Å². The zero-order chi connectivity index (χ0) is 13.7. The number of hydrogen-bond acceptors (Lipinski definition) is 3. The quantitative estimate of drug-likeness (QED) is 0.897. The van der Waals surface area contributed by atoms with Gasteiger partial charge in [0.1, 0.15) is 11.8 Å². The number of nitriles is 1. The summed E-state index contributed by atoms with van der Waals surface area (Å²) in [6.07, 6.45) is 0. The Morgan fingerprint density at radius 2 is 1.74 bits per heavy atom. The van der Waals surface area contributed by atoms with E-state index in [9.17, 15) is 10.4 Å². The second-order valence-corrected chi connectivity index (χ2v) is 4.60. The Kier molecular flexibility index (Phi) is 4.40. The molecule has 0 saturated heterocycles. The summed E-state index contributed by atoms with van der Waals surface area (Å²) in [7, 11) is 0. The van der Waals surface area contributed by atoms with Gasteiger partial charge in [-0.3, -0.25) is 5.32 Å². The number of aromatic hydroxyl groups is 1. The number of phenolic OH excluding ortho intramolecular Hbond substituents is 1. The molecule has 4 heteroatoms. The molecule has 0 amide bonds. The van der Waals surface area contributed by atoms with E-state index in [1.165, 1.54) is 0 Å². The summed E-state index contributed by atoms with van der Waals surface area (Å²) < 4.78 is 0. The van der Waals surface area contributed by atoms with Crippen LogP contribution in [0.1, 0.15) is 17.2 Å². The van der Waals surface area contributed by atoms with E-state index in [4.69, 9.17) is 11.6 Å². The molecule has 1 atom stereocenters. The first-order valence-corrected chi connectivity index (χ1v) is 6.23. The zero-order valence-corrected chi connectivity index (χ0v) is 10.9. The van der Waals surface area contributed by atoms with Crippen molar-refractivity contribution in [1.29, 1.82) is 5.26 Å². The molecule has 0 aliphatic rings. The van der Waals surface area contributed by atoms with Crippen LogP contribution in [0.3, 0.4) is 0 Å². The van der Waals surface area contributed by atoms with Gasteiger partial charge >= 0.3 is 0 Å². The predicted octanol–water partition coefficient (Wildman–Crippen LogP) is 3.40. The van der Waals surface area contributed by atoms with Crippen molar-refractivity contribution in [3.8, 4) is 11.8 Å². The molecule has 0 aliphatic heterocycles. The van der Waals surface area contributed by atoms with Crippen molar-refractivity contribution in [2.45, 2.75) is 12.6 Å². The molecule has 96 valence electrons. The number of nitrogens with zero attached hydrogens (tertiary/aromatic N) is 1. The summed E-state index contributed by atoms with van der Waals surface area (Å²) in [5.41, 5.74) is 1.89. The maximum absolute atomic E-state index is 9.23. The third-order valence-corrected chi connectivity index (χ3v) is 3.03. The second kappa shape index (κ2) is 6.24. The van der Waals surface area contributed by atoms with Crippen LogP contribution in [0, 0.1) is 11.3 Å². The lowest BCUT2D eigenvalue weighted by Gasteiger charge is -2.12. The lowest BCUT2D eigenvalue weighted by molar-refractivity contribution is 0.474. The molecule has 2 rings (SSSR count). The van der Waals surface area contributed by atoms with Crippen LogP contribution in [0.2, 0.25) is 5.02 Å². The molecule has 0 spiro atoms. The first-order chi connectivity index (χ1) is 9.19. The number of benzene rings is 2. The van der Waals surface area contributed by atoms with E-state index in [-0.39, 0.29) is 5.75 Å². The van der Waals surface area contributed by atoms with E-state index in [2.05, 4.69) is 11.4 Å². The van der Waals surface area contributed by atoms with Gasteiger partial charge < -0.3 is 5.11 Å². The van der Waals surface area contributed by atoms with Crippen LogP contribution in [-0.2, 0) is 6.54 Å². The lowest BCUT2D eigenvalue weighted by Crippen LogP contribution is -2.19. The smallest absolute Gasteiger partial charge is 0.121 e. The summed E-state index contributed by atoms with van der Waals surface area (Å²) in [5.74, 6) is 0.193. The molecule has 19 heavy (non-hydrogen) atoms. The molecule has 2 N–H and O–H groups in total. The molecule has 1 unspecified atom stereocenters. The van der Waals surface area contributed by atoms with Crippen molar-refractivity contribution in [1.82, 2.24) is 5.32 Å². The average molecular weight is 273 g/mol. The highest BCUT2D eigenvalue weighted by molar-refractivity contribution is 6.30. The van der Waals surface area contributed by atoms with E-state index in [0.29, 0.717) is 11.6 Å². The molecular weight excluding hydrogens is 260 g/mol. The Bertz CT molecular complexity index is 573. The largest absolute Gasteiger partial charge is 0.508 e. The molecule has 0 radical (unpaired) electrons. The number of phenols is 1. The van der Waals surface area contributed by atoms with Crippen molar-refractivity contribution in [3.63, 3.8) is 0 Å². The molecule has 0 heterocycles. The minimum atomic E-state index is -0.406. The van der Waals surface area contributed by atoms with Gasteiger partial charge in [-0.2, -0.15) is 5.26 Å². The van der Waals surface area contributed by atoms with Crippen LogP contribution < -0.4 is 5.32 Å². The Hall–Kier alpha value is -2.02. The van der Waals surface area contributed by atoms with E-state index in [1.54, 1.807) is 24.3 Å². The molecule has 0 bridgehead atoms. The predicted molar refractivity (Wildman–Crippen MR) is 74.8 cm³/mol. The summed E-state index contributed by atoms with van der Waals surface area (Å²) >= 11 is 5.82. The Morgan fingerprint density at radius 1 is 1.11 bits per heavy atom. The van der Waals surface area contributed by atoms with E-state index >= 15 is 0 Å². The maximum atomic E-state index is 9.23. The van der Waals surface area contributed by atoms with Crippen molar-refractivity contribution >= 4 is 11.6 Å². The van der Waals surface area contributed by atoms with Crippen LogP contribution in [0.25, 0.3) is 0 Å². The number of hydrogen-bond donors (Lipinski definition) is 2. The Balaban J connectivity index is 2.02. The fourth-order valence-electron chi connectivity index (χ4n) is 1.73. The minimum absolute atomic E-state index is 0.193. The average Bonchev–Trinajstić information content (AvgIpc) is 2.43. The van der Waals surface area contributed by atoms with Crippen molar-refractivity contribution < 1.29 is 5.11 Å². The van der Waals surface area contributed by atoms with Gasteiger partial charge in [0.2, 0.25) is 0 Å². The van der Waals surface area contributed by atoms with Crippen LogP contribution in [0.15, 0.2) is 48.5 Å². The first-order valence-electron chi connectivity index (χ1n) is 5.85. The highest BCUT2D eigenvalue weighted by Crippen LogP contribution is 2.17. The van der Waals surface area contributed by atoms with Crippen LogP contribution in [0.4, 0.5) is 0 Å². The molecule has 0 saturated carbocycles. The molecule has 2 aromatic rings. The fraction of sp³-hybridized carbons (Fsp3) is 0.133. The molecule has 2 aromatic carbocycles. The zero-order valence-electron chi connectivity index (χ0n) is 10.2. The third kappa shape index (κ3) is 3.72. The summed E-state index contributed by atoms with van der Waals surface area (Å²) in [6.45, 7) is 0.580. The van der Waals surface area contributed by atoms with Crippen LogP contribution in [0.5, 0.6) is 5.75 Å². The number of halogens is 1. The Morgan fingerprint density at radius 3 is 2.32 bits per heavy atom. The second-order valence-electron chi connectivity index (χ2n) is 4.16. The third-order valence-electron chi connectivity index (χ3n) is 2.78. The highest BCUT2D eigenvalue weighted by Gasteiger charge is 2.09. The monoisotopic (exact) mass is 272 g/mol. The molecular formula is C15H13ClN2O. The van der Waals surface area contributed by atoms with E-state index < -0.39 is 6.04 Å².